The van der Waals surface area contributed by atoms with Crippen molar-refractivity contribution in [2.45, 2.75) is 33.7 Å². The van der Waals surface area contributed by atoms with E-state index in [0.29, 0.717) is 26.2 Å². The summed E-state index contributed by atoms with van der Waals surface area (Å²) in [7, 11) is 0. The molecule has 5 heteroatoms. The van der Waals surface area contributed by atoms with Gasteiger partial charge in [0.25, 0.3) is 0 Å². The summed E-state index contributed by atoms with van der Waals surface area (Å²) in [5.41, 5.74) is 5.97. The summed E-state index contributed by atoms with van der Waals surface area (Å²) in [5.74, 6) is -0.822. The monoisotopic (exact) mass is 241 g/mol. The summed E-state index contributed by atoms with van der Waals surface area (Å²) in [5, 5.41) is 0. The highest BCUT2D eigenvalue weighted by molar-refractivity contribution is 6.35. The van der Waals surface area contributed by atoms with Crippen LogP contribution in [0.1, 0.15) is 27.7 Å². The van der Waals surface area contributed by atoms with Crippen molar-refractivity contribution < 1.29 is 9.59 Å². The largest absolute Gasteiger partial charge is 0.333 e. The molecule has 5 nitrogen and oxygen atoms in total. The van der Waals surface area contributed by atoms with E-state index in [-0.39, 0.29) is 11.5 Å². The van der Waals surface area contributed by atoms with Crippen LogP contribution in [0.2, 0.25) is 0 Å². The number of carbonyl (C=O) groups is 2. The van der Waals surface area contributed by atoms with Gasteiger partial charge in [-0.1, -0.05) is 20.8 Å². The van der Waals surface area contributed by atoms with Gasteiger partial charge in [0.15, 0.2) is 0 Å². The van der Waals surface area contributed by atoms with E-state index in [1.807, 2.05) is 27.7 Å². The number of nitrogens with zero attached hydrogens (tertiary/aromatic N) is 2. The number of likely N-dealkylation sites (N-methyl/N-ethyl adjacent to an activating group) is 1. The minimum absolute atomic E-state index is 0.0643. The van der Waals surface area contributed by atoms with Gasteiger partial charge in [-0.05, 0) is 12.3 Å². The van der Waals surface area contributed by atoms with Crippen molar-refractivity contribution in [2.75, 3.05) is 26.2 Å². The van der Waals surface area contributed by atoms with Crippen molar-refractivity contribution in [3.63, 3.8) is 0 Å². The Kier molecular flexibility index (Phi) is 4.14. The maximum Gasteiger partial charge on any atom is 0.312 e. The van der Waals surface area contributed by atoms with Gasteiger partial charge in [0, 0.05) is 32.2 Å². The van der Waals surface area contributed by atoms with Crippen molar-refractivity contribution in [3.05, 3.63) is 0 Å². The highest BCUT2D eigenvalue weighted by atomic mass is 16.2. The smallest absolute Gasteiger partial charge is 0.312 e. The highest BCUT2D eigenvalue weighted by Gasteiger charge is 2.34. The van der Waals surface area contributed by atoms with Gasteiger partial charge >= 0.3 is 11.8 Å². The lowest BCUT2D eigenvalue weighted by atomic mass is 9.87. The molecule has 2 amide bonds. The van der Waals surface area contributed by atoms with E-state index in [1.165, 1.54) is 0 Å². The minimum Gasteiger partial charge on any atom is -0.333 e. The Hall–Kier alpha value is -1.10. The van der Waals surface area contributed by atoms with Crippen LogP contribution in [-0.2, 0) is 9.59 Å². The molecule has 1 atom stereocenters. The molecular weight excluding hydrogens is 218 g/mol. The predicted octanol–water partition coefficient (Wildman–Crippen LogP) is 0.0505. The maximum atomic E-state index is 11.8. The number of amides is 2. The Morgan fingerprint density at radius 1 is 1.18 bits per heavy atom. The summed E-state index contributed by atoms with van der Waals surface area (Å²) in [6.45, 7) is 10.2. The molecule has 0 aromatic heterocycles. The summed E-state index contributed by atoms with van der Waals surface area (Å²) in [6, 6.07) is -0.118. The van der Waals surface area contributed by atoms with Crippen molar-refractivity contribution in [3.8, 4) is 0 Å². The van der Waals surface area contributed by atoms with Crippen LogP contribution >= 0.6 is 0 Å². The molecule has 1 aliphatic heterocycles. The number of hydrogen-bond acceptors (Lipinski definition) is 3. The second-order valence-electron chi connectivity index (χ2n) is 5.61. The quantitative estimate of drug-likeness (QED) is 0.710. The van der Waals surface area contributed by atoms with Crippen LogP contribution < -0.4 is 5.73 Å². The lowest BCUT2D eigenvalue weighted by Gasteiger charge is -2.37. The fourth-order valence-electron chi connectivity index (χ4n) is 1.70. The number of nitrogens with two attached hydrogens (primary N) is 1. The first-order chi connectivity index (χ1) is 7.77. The first-order valence-corrected chi connectivity index (χ1v) is 6.11. The van der Waals surface area contributed by atoms with Crippen molar-refractivity contribution >= 4 is 11.8 Å². The van der Waals surface area contributed by atoms with E-state index in [2.05, 4.69) is 0 Å². The van der Waals surface area contributed by atoms with E-state index in [9.17, 15) is 9.59 Å². The number of piperazine rings is 1. The highest BCUT2D eigenvalue weighted by Crippen LogP contribution is 2.19. The molecule has 2 N–H and O–H groups in total. The maximum absolute atomic E-state index is 11.8. The summed E-state index contributed by atoms with van der Waals surface area (Å²) in [4.78, 5) is 26.7. The van der Waals surface area contributed by atoms with Gasteiger partial charge in [-0.2, -0.15) is 0 Å². The fraction of sp³-hybridized carbons (Fsp3) is 0.833. The molecule has 1 heterocycles. The van der Waals surface area contributed by atoms with Crippen LogP contribution in [0.25, 0.3) is 0 Å². The van der Waals surface area contributed by atoms with Crippen LogP contribution in [0.4, 0.5) is 0 Å². The van der Waals surface area contributed by atoms with E-state index in [4.69, 9.17) is 5.73 Å². The van der Waals surface area contributed by atoms with E-state index in [1.54, 1.807) is 9.80 Å². The Labute approximate surface area is 103 Å². The van der Waals surface area contributed by atoms with Gasteiger partial charge < -0.3 is 15.5 Å². The van der Waals surface area contributed by atoms with Crippen LogP contribution in [0.3, 0.4) is 0 Å². The Bertz CT molecular complexity index is 309. The third-order valence-corrected chi connectivity index (χ3v) is 3.31. The molecule has 0 saturated carbocycles. The average molecular weight is 241 g/mol. The van der Waals surface area contributed by atoms with Gasteiger partial charge in [0.2, 0.25) is 0 Å². The molecule has 0 aliphatic carbocycles. The van der Waals surface area contributed by atoms with Gasteiger partial charge in [-0.3, -0.25) is 9.59 Å². The van der Waals surface area contributed by atoms with Gasteiger partial charge in [0.05, 0.1) is 0 Å². The average Bonchev–Trinajstić information content (AvgIpc) is 2.23. The number of hydrogen-bond donors (Lipinski definition) is 1. The van der Waals surface area contributed by atoms with E-state index < -0.39 is 11.8 Å². The zero-order valence-corrected chi connectivity index (χ0v) is 11.2. The molecule has 1 saturated heterocycles. The van der Waals surface area contributed by atoms with E-state index >= 15 is 0 Å². The zero-order valence-electron chi connectivity index (χ0n) is 11.2. The van der Waals surface area contributed by atoms with Gasteiger partial charge in [0.1, 0.15) is 0 Å². The predicted molar refractivity (Wildman–Crippen MR) is 66.3 cm³/mol. The van der Waals surface area contributed by atoms with Crippen LogP contribution in [0.15, 0.2) is 0 Å². The lowest BCUT2D eigenvalue weighted by molar-refractivity contribution is -0.156. The summed E-state index contributed by atoms with van der Waals surface area (Å²) in [6.07, 6.45) is 0. The molecule has 1 unspecified atom stereocenters. The molecule has 0 radical (unpaired) electrons. The standard InChI is InChI=1S/C12H23N3O2/c1-5-14-6-7-15(11(17)10(14)16)8-9(13)12(2,3)4/h9H,5-8,13H2,1-4H3. The molecule has 0 spiro atoms. The molecule has 1 aliphatic rings. The van der Waals surface area contributed by atoms with Crippen LogP contribution in [0.5, 0.6) is 0 Å². The van der Waals surface area contributed by atoms with E-state index in [0.717, 1.165) is 0 Å². The lowest BCUT2D eigenvalue weighted by Crippen LogP contribution is -2.57. The van der Waals surface area contributed by atoms with Crippen molar-refractivity contribution in [2.24, 2.45) is 11.1 Å². The minimum atomic E-state index is -0.419. The van der Waals surface area contributed by atoms with Crippen molar-refractivity contribution in [1.29, 1.82) is 0 Å². The molecule has 0 bridgehead atoms. The second kappa shape index (κ2) is 5.04. The third kappa shape index (κ3) is 3.19. The normalized spacial score (nSPS) is 19.8. The topological polar surface area (TPSA) is 66.6 Å². The van der Waals surface area contributed by atoms with Crippen LogP contribution in [0, 0.1) is 5.41 Å². The SMILES string of the molecule is CCN1CCN(CC(N)C(C)(C)C)C(=O)C1=O. The summed E-state index contributed by atoms with van der Waals surface area (Å²) >= 11 is 0. The Morgan fingerprint density at radius 2 is 1.65 bits per heavy atom. The molecule has 17 heavy (non-hydrogen) atoms. The van der Waals surface area contributed by atoms with Crippen molar-refractivity contribution in [1.82, 2.24) is 9.80 Å². The van der Waals surface area contributed by atoms with Gasteiger partial charge in [-0.15, -0.1) is 0 Å². The fourth-order valence-corrected chi connectivity index (χ4v) is 1.70. The molecule has 0 aromatic carbocycles. The second-order valence-corrected chi connectivity index (χ2v) is 5.61. The Balaban J connectivity index is 2.63. The summed E-state index contributed by atoms with van der Waals surface area (Å²) < 4.78 is 0. The first-order valence-electron chi connectivity index (χ1n) is 6.11. The third-order valence-electron chi connectivity index (χ3n) is 3.31. The molecule has 0 aromatic rings. The molecule has 1 rings (SSSR count). The van der Waals surface area contributed by atoms with Gasteiger partial charge in [-0.25, -0.2) is 0 Å². The molecular formula is C12H23N3O2. The molecule has 98 valence electrons. The number of carbonyl (C=O) groups excluding carboxylic acids is 2. The molecule has 1 fully saturated rings. The number of rotatable bonds is 3. The van der Waals surface area contributed by atoms with Crippen LogP contribution in [-0.4, -0.2) is 53.8 Å². The first kappa shape index (κ1) is 14.0. The Morgan fingerprint density at radius 3 is 2.12 bits per heavy atom. The zero-order chi connectivity index (χ0) is 13.2.